The maximum Gasteiger partial charge on any atom is 0.268 e. The molecular weight excluding hydrogens is 518 g/mol. The van der Waals surface area contributed by atoms with Crippen molar-refractivity contribution >= 4 is 49.4 Å². The Hall–Kier alpha value is -2.72. The van der Waals surface area contributed by atoms with Gasteiger partial charge < -0.3 is 5.32 Å². The fourth-order valence-corrected chi connectivity index (χ4v) is 5.38. The number of amides is 1. The van der Waals surface area contributed by atoms with E-state index in [1.54, 1.807) is 30.5 Å². The monoisotopic (exact) mass is 534 g/mol. The van der Waals surface area contributed by atoms with E-state index in [4.69, 9.17) is 0 Å². The van der Waals surface area contributed by atoms with Gasteiger partial charge in [-0.05, 0) is 70.6 Å². The van der Waals surface area contributed by atoms with E-state index >= 15 is 0 Å². The summed E-state index contributed by atoms with van der Waals surface area (Å²) in [4.78, 5) is 12.4. The lowest BCUT2D eigenvalue weighted by Crippen LogP contribution is -2.22. The van der Waals surface area contributed by atoms with E-state index in [9.17, 15) is 17.6 Å². The Morgan fingerprint density at radius 1 is 0.967 bits per heavy atom. The first-order valence-corrected chi connectivity index (χ1v) is 11.5. The highest BCUT2D eigenvalue weighted by molar-refractivity contribution is 14.1. The smallest absolute Gasteiger partial charge is 0.268 e. The molecular formula is C22H16FIN2O3S. The molecule has 5 nitrogen and oxygen atoms in total. The second-order valence-corrected chi connectivity index (χ2v) is 9.61. The normalized spacial score (nSPS) is 11.5. The lowest BCUT2D eigenvalue weighted by Gasteiger charge is -2.09. The third kappa shape index (κ3) is 3.97. The topological polar surface area (TPSA) is 68.2 Å². The fourth-order valence-electron chi connectivity index (χ4n) is 3.09. The van der Waals surface area contributed by atoms with Crippen LogP contribution in [0.1, 0.15) is 15.9 Å². The highest BCUT2D eigenvalue weighted by Gasteiger charge is 2.21. The summed E-state index contributed by atoms with van der Waals surface area (Å²) < 4.78 is 41.3. The molecule has 1 heterocycles. The van der Waals surface area contributed by atoms with Crippen LogP contribution in [-0.4, -0.2) is 18.3 Å². The van der Waals surface area contributed by atoms with Crippen LogP contribution in [0.15, 0.2) is 83.9 Å². The molecule has 1 aromatic heterocycles. The quantitative estimate of drug-likeness (QED) is 0.382. The van der Waals surface area contributed by atoms with Crippen molar-refractivity contribution in [1.29, 1.82) is 0 Å². The molecule has 0 aliphatic heterocycles. The van der Waals surface area contributed by atoms with Gasteiger partial charge in [0.15, 0.2) is 0 Å². The van der Waals surface area contributed by atoms with E-state index in [1.807, 2.05) is 12.1 Å². The van der Waals surface area contributed by atoms with Crippen LogP contribution in [0.4, 0.5) is 4.39 Å². The van der Waals surface area contributed by atoms with Crippen molar-refractivity contribution in [2.24, 2.45) is 0 Å². The standard InChI is InChI=1S/C22H16FIN2O3S/c23-17-9-5-15(6-10-17)13-25-22(27)16-7-11-18(12-8-16)30(28,29)26-14-20(24)19-3-1-2-4-21(19)26/h1-12,14H,13H2,(H,25,27). The number of para-hydroxylation sites is 1. The van der Waals surface area contributed by atoms with Gasteiger partial charge in [0.2, 0.25) is 0 Å². The number of nitrogens with one attached hydrogen (secondary N) is 1. The van der Waals surface area contributed by atoms with Crippen LogP contribution in [0.2, 0.25) is 0 Å². The molecule has 0 fully saturated rings. The van der Waals surface area contributed by atoms with Crippen molar-refractivity contribution < 1.29 is 17.6 Å². The molecule has 0 aliphatic carbocycles. The minimum absolute atomic E-state index is 0.0923. The van der Waals surface area contributed by atoms with Crippen molar-refractivity contribution in [2.45, 2.75) is 11.4 Å². The molecule has 0 saturated heterocycles. The number of carbonyl (C=O) groups is 1. The molecule has 0 saturated carbocycles. The van der Waals surface area contributed by atoms with Crippen molar-refractivity contribution in [3.8, 4) is 0 Å². The first-order valence-electron chi connectivity index (χ1n) is 9.00. The van der Waals surface area contributed by atoms with Gasteiger partial charge >= 0.3 is 0 Å². The molecule has 4 rings (SSSR count). The molecule has 152 valence electrons. The molecule has 0 atom stereocenters. The average molecular weight is 534 g/mol. The molecule has 0 bridgehead atoms. The molecule has 30 heavy (non-hydrogen) atoms. The van der Waals surface area contributed by atoms with Crippen molar-refractivity contribution in [2.75, 3.05) is 0 Å². The van der Waals surface area contributed by atoms with Crippen LogP contribution in [0.25, 0.3) is 10.9 Å². The average Bonchev–Trinajstić information content (AvgIpc) is 3.11. The number of halogens is 2. The van der Waals surface area contributed by atoms with Crippen molar-refractivity contribution in [3.05, 3.63) is 99.5 Å². The van der Waals surface area contributed by atoms with E-state index in [-0.39, 0.29) is 23.2 Å². The van der Waals surface area contributed by atoms with Crippen LogP contribution < -0.4 is 5.32 Å². The Bertz CT molecular complexity index is 1330. The van der Waals surface area contributed by atoms with E-state index in [2.05, 4.69) is 27.9 Å². The van der Waals surface area contributed by atoms with E-state index in [1.165, 1.54) is 40.4 Å². The second-order valence-electron chi connectivity index (χ2n) is 6.63. The van der Waals surface area contributed by atoms with E-state index in [0.29, 0.717) is 11.1 Å². The van der Waals surface area contributed by atoms with E-state index < -0.39 is 10.0 Å². The maximum atomic E-state index is 13.1. The Morgan fingerprint density at radius 3 is 2.33 bits per heavy atom. The Morgan fingerprint density at radius 2 is 1.63 bits per heavy atom. The Labute approximate surface area is 186 Å². The minimum atomic E-state index is -3.80. The molecule has 0 unspecified atom stereocenters. The Balaban J connectivity index is 1.55. The first kappa shape index (κ1) is 20.5. The molecule has 8 heteroatoms. The molecule has 0 aliphatic rings. The van der Waals surface area contributed by atoms with E-state index in [0.717, 1.165) is 14.5 Å². The SMILES string of the molecule is O=C(NCc1ccc(F)cc1)c1ccc(S(=O)(=O)n2cc(I)c3ccccc32)cc1. The van der Waals surface area contributed by atoms with Gasteiger partial charge in [-0.3, -0.25) is 4.79 Å². The lowest BCUT2D eigenvalue weighted by molar-refractivity contribution is 0.0951. The second kappa shape index (κ2) is 8.19. The number of benzene rings is 3. The predicted octanol–water partition coefficient (Wildman–Crippen LogP) is 4.55. The zero-order valence-corrected chi connectivity index (χ0v) is 18.5. The largest absolute Gasteiger partial charge is 0.348 e. The van der Waals surface area contributed by atoms with Crippen LogP contribution in [0.5, 0.6) is 0 Å². The number of aromatic nitrogens is 1. The van der Waals surface area contributed by atoms with Gasteiger partial charge in [0.1, 0.15) is 5.82 Å². The van der Waals surface area contributed by atoms with Gasteiger partial charge in [-0.15, -0.1) is 0 Å². The van der Waals surface area contributed by atoms with Crippen molar-refractivity contribution in [1.82, 2.24) is 9.29 Å². The zero-order chi connectivity index (χ0) is 21.3. The summed E-state index contributed by atoms with van der Waals surface area (Å²) in [6.07, 6.45) is 1.59. The maximum absolute atomic E-state index is 13.1. The zero-order valence-electron chi connectivity index (χ0n) is 15.5. The Kier molecular flexibility index (Phi) is 5.61. The van der Waals surface area contributed by atoms with Crippen LogP contribution in [0.3, 0.4) is 0 Å². The summed E-state index contributed by atoms with van der Waals surface area (Å²) in [7, 11) is -3.80. The fraction of sp³-hybridized carbons (Fsp3) is 0.0455. The highest BCUT2D eigenvalue weighted by atomic mass is 127. The highest BCUT2D eigenvalue weighted by Crippen LogP contribution is 2.27. The molecule has 3 aromatic carbocycles. The summed E-state index contributed by atoms with van der Waals surface area (Å²) in [5.74, 6) is -0.684. The van der Waals surface area contributed by atoms with Gasteiger partial charge in [-0.1, -0.05) is 30.3 Å². The number of fused-ring (bicyclic) bond motifs is 1. The molecule has 1 N–H and O–H groups in total. The number of hydrogen-bond acceptors (Lipinski definition) is 3. The number of rotatable bonds is 5. The number of hydrogen-bond donors (Lipinski definition) is 1. The van der Waals surface area contributed by atoms with Gasteiger partial charge in [-0.2, -0.15) is 0 Å². The third-order valence-electron chi connectivity index (χ3n) is 4.67. The lowest BCUT2D eigenvalue weighted by atomic mass is 10.2. The summed E-state index contributed by atoms with van der Waals surface area (Å²) >= 11 is 2.11. The molecule has 0 radical (unpaired) electrons. The summed E-state index contributed by atoms with van der Waals surface area (Å²) in [6, 6.07) is 18.9. The van der Waals surface area contributed by atoms with Crippen LogP contribution >= 0.6 is 22.6 Å². The predicted molar refractivity (Wildman–Crippen MR) is 121 cm³/mol. The number of nitrogens with zero attached hydrogens (tertiary/aromatic N) is 1. The van der Waals surface area contributed by atoms with Gasteiger partial charge in [0, 0.05) is 27.3 Å². The summed E-state index contributed by atoms with van der Waals surface area (Å²) in [5, 5.41) is 3.59. The van der Waals surface area contributed by atoms with Crippen molar-refractivity contribution in [3.63, 3.8) is 0 Å². The van der Waals surface area contributed by atoms with Gasteiger partial charge in [-0.25, -0.2) is 16.8 Å². The van der Waals surface area contributed by atoms with Crippen LogP contribution in [0, 0.1) is 9.39 Å². The molecule has 0 spiro atoms. The summed E-state index contributed by atoms with van der Waals surface area (Å²) in [6.45, 7) is 0.243. The van der Waals surface area contributed by atoms with Gasteiger partial charge in [0.25, 0.3) is 15.9 Å². The first-order chi connectivity index (χ1) is 14.4. The molecule has 4 aromatic rings. The van der Waals surface area contributed by atoms with Crippen LogP contribution in [-0.2, 0) is 16.6 Å². The number of carbonyl (C=O) groups excluding carboxylic acids is 1. The van der Waals surface area contributed by atoms with Gasteiger partial charge in [0.05, 0.1) is 10.4 Å². The minimum Gasteiger partial charge on any atom is -0.348 e. The third-order valence-corrected chi connectivity index (χ3v) is 7.22. The molecule has 1 amide bonds. The summed E-state index contributed by atoms with van der Waals surface area (Å²) in [5.41, 5.74) is 1.70.